The summed E-state index contributed by atoms with van der Waals surface area (Å²) in [6.45, 7) is 5.73. The fraction of sp³-hybridized carbons (Fsp3) is 0.235. The van der Waals surface area contributed by atoms with Crippen LogP contribution in [0.4, 0.5) is 5.82 Å². The normalized spacial score (nSPS) is 8.50. The molecule has 0 radical (unpaired) electrons. The molecule has 0 saturated heterocycles. The number of rotatable bonds is 5. The van der Waals surface area contributed by atoms with Crippen molar-refractivity contribution >= 4 is 12.1 Å². The molecule has 5 heteroatoms. The first kappa shape index (κ1) is 19.5. The van der Waals surface area contributed by atoms with Gasteiger partial charge in [-0.3, -0.25) is 9.78 Å². The molecular formula is C17H24N4O. The number of carbonyl (C=O) groups is 1. The molecule has 0 spiro atoms. The SMILES string of the molecule is C=CNc1ccc(CCC)cn1.CN.O=Cc1ccncc1. The number of anilines is 1. The lowest BCUT2D eigenvalue weighted by Gasteiger charge is -2.00. The molecule has 2 heterocycles. The highest BCUT2D eigenvalue weighted by Crippen LogP contribution is 2.06. The molecular weight excluding hydrogens is 276 g/mol. The minimum atomic E-state index is 0.667. The second kappa shape index (κ2) is 13.5. The Kier molecular flexibility index (Phi) is 11.9. The highest BCUT2D eigenvalue weighted by atomic mass is 16.1. The molecule has 0 bridgehead atoms. The van der Waals surface area contributed by atoms with Gasteiger partial charge in [-0.15, -0.1) is 0 Å². The maximum absolute atomic E-state index is 9.98. The number of nitrogens with two attached hydrogens (primary N) is 1. The maximum Gasteiger partial charge on any atom is 0.150 e. The predicted octanol–water partition coefficient (Wildman–Crippen LogP) is 3.06. The zero-order chi connectivity index (χ0) is 16.6. The molecule has 0 unspecified atom stereocenters. The zero-order valence-electron chi connectivity index (χ0n) is 13.2. The summed E-state index contributed by atoms with van der Waals surface area (Å²) in [5.41, 5.74) is 6.45. The number of hydrogen-bond acceptors (Lipinski definition) is 5. The van der Waals surface area contributed by atoms with Crippen molar-refractivity contribution < 1.29 is 4.79 Å². The fourth-order valence-electron chi connectivity index (χ4n) is 1.49. The van der Waals surface area contributed by atoms with Gasteiger partial charge in [-0.05, 0) is 43.4 Å². The largest absolute Gasteiger partial charge is 0.347 e. The Morgan fingerprint density at radius 2 is 1.91 bits per heavy atom. The molecule has 0 aromatic carbocycles. The van der Waals surface area contributed by atoms with Crippen molar-refractivity contribution in [3.8, 4) is 0 Å². The Morgan fingerprint density at radius 3 is 2.32 bits per heavy atom. The van der Waals surface area contributed by atoms with Gasteiger partial charge in [0, 0.05) is 24.2 Å². The number of pyridine rings is 2. The second-order valence-electron chi connectivity index (χ2n) is 4.05. The highest BCUT2D eigenvalue weighted by molar-refractivity contribution is 5.73. The van der Waals surface area contributed by atoms with E-state index < -0.39 is 0 Å². The molecule has 0 amide bonds. The molecule has 2 aromatic heterocycles. The van der Waals surface area contributed by atoms with Gasteiger partial charge in [-0.1, -0.05) is 26.0 Å². The summed E-state index contributed by atoms with van der Waals surface area (Å²) >= 11 is 0. The Hall–Kier alpha value is -2.53. The van der Waals surface area contributed by atoms with Crippen LogP contribution in [0.1, 0.15) is 29.3 Å². The van der Waals surface area contributed by atoms with E-state index in [4.69, 9.17) is 0 Å². The first-order valence-corrected chi connectivity index (χ1v) is 7.05. The Balaban J connectivity index is 0.000000382. The van der Waals surface area contributed by atoms with Crippen LogP contribution in [0, 0.1) is 0 Å². The Labute approximate surface area is 132 Å². The summed E-state index contributed by atoms with van der Waals surface area (Å²) in [5, 5.41) is 2.93. The Bertz CT molecular complexity index is 512. The number of aromatic nitrogens is 2. The van der Waals surface area contributed by atoms with Gasteiger partial charge in [0.1, 0.15) is 12.1 Å². The molecule has 0 aliphatic rings. The van der Waals surface area contributed by atoms with Crippen LogP contribution >= 0.6 is 0 Å². The van der Waals surface area contributed by atoms with E-state index in [1.807, 2.05) is 12.3 Å². The van der Waals surface area contributed by atoms with Crippen LogP contribution < -0.4 is 11.1 Å². The van der Waals surface area contributed by atoms with Gasteiger partial charge in [0.15, 0.2) is 0 Å². The lowest BCUT2D eigenvalue weighted by atomic mass is 10.2. The summed E-state index contributed by atoms with van der Waals surface area (Å²) in [6, 6.07) is 7.37. The summed E-state index contributed by atoms with van der Waals surface area (Å²) in [6.07, 6.45) is 9.75. The van der Waals surface area contributed by atoms with Gasteiger partial charge in [0.2, 0.25) is 0 Å². The van der Waals surface area contributed by atoms with Gasteiger partial charge < -0.3 is 11.1 Å². The van der Waals surface area contributed by atoms with Crippen LogP contribution in [-0.2, 0) is 6.42 Å². The third-order valence-electron chi connectivity index (χ3n) is 2.46. The summed E-state index contributed by atoms with van der Waals surface area (Å²) in [4.78, 5) is 17.9. The van der Waals surface area contributed by atoms with Gasteiger partial charge in [-0.25, -0.2) is 4.98 Å². The molecule has 0 aliphatic heterocycles. The van der Waals surface area contributed by atoms with Crippen molar-refractivity contribution in [2.24, 2.45) is 5.73 Å². The van der Waals surface area contributed by atoms with Crippen molar-refractivity contribution in [3.63, 3.8) is 0 Å². The zero-order valence-corrected chi connectivity index (χ0v) is 13.2. The van der Waals surface area contributed by atoms with E-state index in [1.54, 1.807) is 30.7 Å². The maximum atomic E-state index is 9.98. The van der Waals surface area contributed by atoms with Gasteiger partial charge in [-0.2, -0.15) is 0 Å². The minimum absolute atomic E-state index is 0.667. The molecule has 3 N–H and O–H groups in total. The molecule has 22 heavy (non-hydrogen) atoms. The number of aryl methyl sites for hydroxylation is 1. The highest BCUT2D eigenvalue weighted by Gasteiger charge is 1.92. The smallest absolute Gasteiger partial charge is 0.150 e. The average Bonchev–Trinajstić information content (AvgIpc) is 2.60. The van der Waals surface area contributed by atoms with Crippen LogP contribution in [0.3, 0.4) is 0 Å². The molecule has 0 fully saturated rings. The lowest BCUT2D eigenvalue weighted by molar-refractivity contribution is 0.112. The number of carbonyl (C=O) groups excluding carboxylic acids is 1. The quantitative estimate of drug-likeness (QED) is 0.829. The molecule has 2 aromatic rings. The summed E-state index contributed by atoms with van der Waals surface area (Å²) < 4.78 is 0. The van der Waals surface area contributed by atoms with E-state index in [9.17, 15) is 4.79 Å². The second-order valence-corrected chi connectivity index (χ2v) is 4.05. The fourth-order valence-corrected chi connectivity index (χ4v) is 1.49. The monoisotopic (exact) mass is 300 g/mol. The minimum Gasteiger partial charge on any atom is -0.347 e. The van der Waals surface area contributed by atoms with E-state index in [2.05, 4.69) is 40.6 Å². The third kappa shape index (κ3) is 8.60. The molecule has 0 saturated carbocycles. The first-order chi connectivity index (χ1) is 10.8. The van der Waals surface area contributed by atoms with Crippen LogP contribution in [0.5, 0.6) is 0 Å². The molecule has 0 aliphatic carbocycles. The summed E-state index contributed by atoms with van der Waals surface area (Å²) in [5.74, 6) is 0.852. The first-order valence-electron chi connectivity index (χ1n) is 7.05. The molecule has 5 nitrogen and oxygen atoms in total. The van der Waals surface area contributed by atoms with E-state index in [0.717, 1.165) is 24.9 Å². The van der Waals surface area contributed by atoms with Gasteiger partial charge in [0.25, 0.3) is 0 Å². The van der Waals surface area contributed by atoms with Gasteiger partial charge in [0.05, 0.1) is 0 Å². The number of nitrogens with one attached hydrogen (secondary N) is 1. The van der Waals surface area contributed by atoms with Crippen molar-refractivity contribution in [3.05, 3.63) is 66.8 Å². The van der Waals surface area contributed by atoms with Crippen LogP contribution in [0.15, 0.2) is 55.6 Å². The third-order valence-corrected chi connectivity index (χ3v) is 2.46. The standard InChI is InChI=1S/C10H14N2.C6H5NO.CH5N/c1-3-5-9-6-7-10(11-4-2)12-8-9;8-5-6-1-3-7-4-2-6;1-2/h4,6-8H,2-3,5H2,1H3,(H,11,12);1-5H;2H2,1H3. The molecule has 2 rings (SSSR count). The van der Waals surface area contributed by atoms with Crippen molar-refractivity contribution in [1.82, 2.24) is 9.97 Å². The van der Waals surface area contributed by atoms with E-state index in [-0.39, 0.29) is 0 Å². The van der Waals surface area contributed by atoms with Crippen molar-refractivity contribution in [2.45, 2.75) is 19.8 Å². The number of aldehydes is 1. The molecule has 118 valence electrons. The van der Waals surface area contributed by atoms with E-state index in [1.165, 1.54) is 12.6 Å². The topological polar surface area (TPSA) is 80.9 Å². The van der Waals surface area contributed by atoms with Crippen molar-refractivity contribution in [2.75, 3.05) is 12.4 Å². The lowest BCUT2D eigenvalue weighted by Crippen LogP contribution is -1.91. The average molecular weight is 300 g/mol. The van der Waals surface area contributed by atoms with Crippen molar-refractivity contribution in [1.29, 1.82) is 0 Å². The van der Waals surface area contributed by atoms with Crippen LogP contribution in [0.2, 0.25) is 0 Å². The van der Waals surface area contributed by atoms with Crippen LogP contribution in [0.25, 0.3) is 0 Å². The van der Waals surface area contributed by atoms with E-state index >= 15 is 0 Å². The number of hydrogen-bond donors (Lipinski definition) is 2. The molecule has 0 atom stereocenters. The van der Waals surface area contributed by atoms with Crippen LogP contribution in [-0.4, -0.2) is 23.3 Å². The summed E-state index contributed by atoms with van der Waals surface area (Å²) in [7, 11) is 1.50. The van der Waals surface area contributed by atoms with E-state index in [0.29, 0.717) is 5.56 Å². The number of nitrogens with zero attached hydrogens (tertiary/aromatic N) is 2. The Morgan fingerprint density at radius 1 is 1.23 bits per heavy atom. The van der Waals surface area contributed by atoms with Gasteiger partial charge >= 0.3 is 0 Å². The predicted molar refractivity (Wildman–Crippen MR) is 91.8 cm³/mol.